The normalized spacial score (nSPS) is 16.6. The zero-order valence-corrected chi connectivity index (χ0v) is 11.7. The summed E-state index contributed by atoms with van der Waals surface area (Å²) in [5.74, 6) is 0.0468. The number of nitrogens with zero attached hydrogens (tertiary/aromatic N) is 1. The third kappa shape index (κ3) is 3.07. The Morgan fingerprint density at radius 2 is 2.11 bits per heavy atom. The van der Waals surface area contributed by atoms with Gasteiger partial charge in [0.2, 0.25) is 0 Å². The van der Waals surface area contributed by atoms with E-state index in [1.54, 1.807) is 6.07 Å². The van der Waals surface area contributed by atoms with E-state index in [0.717, 1.165) is 38.1 Å². The largest absolute Gasteiger partial charge is 0.398 e. The molecule has 4 heteroatoms. The van der Waals surface area contributed by atoms with Crippen LogP contribution in [0.2, 0.25) is 0 Å². The molecule has 0 radical (unpaired) electrons. The molecule has 1 aliphatic heterocycles. The molecule has 1 amide bonds. The van der Waals surface area contributed by atoms with E-state index in [0.29, 0.717) is 17.4 Å². The number of likely N-dealkylation sites (tertiary alicyclic amines) is 1. The molecule has 1 aromatic carbocycles. The van der Waals surface area contributed by atoms with Gasteiger partial charge in [-0.25, -0.2) is 0 Å². The number of carbonyl (C=O) groups excluding carboxylic acids is 1. The van der Waals surface area contributed by atoms with Crippen LogP contribution in [0.3, 0.4) is 0 Å². The number of rotatable bonds is 3. The molecule has 1 fully saturated rings. The van der Waals surface area contributed by atoms with Crippen LogP contribution in [0.15, 0.2) is 18.2 Å². The molecule has 0 saturated carbocycles. The van der Waals surface area contributed by atoms with Crippen molar-refractivity contribution in [1.29, 1.82) is 0 Å². The van der Waals surface area contributed by atoms with E-state index in [1.165, 1.54) is 0 Å². The number of ether oxygens (including phenoxy) is 1. The molecule has 1 aliphatic rings. The summed E-state index contributed by atoms with van der Waals surface area (Å²) in [5, 5.41) is 0. The highest BCUT2D eigenvalue weighted by Gasteiger charge is 2.25. The minimum absolute atomic E-state index is 0.0468. The van der Waals surface area contributed by atoms with Crippen molar-refractivity contribution in [2.45, 2.75) is 32.8 Å². The summed E-state index contributed by atoms with van der Waals surface area (Å²) in [4.78, 5) is 14.4. The first-order valence-electron chi connectivity index (χ1n) is 6.89. The standard InChI is InChI=1S/C15H22N2O2/c1-3-19-12-7-9-17(10-8-12)15(18)14-11(2)5-4-6-13(14)16/h4-6,12H,3,7-10,16H2,1-2H3. The molecule has 1 saturated heterocycles. The first-order chi connectivity index (χ1) is 9.13. The van der Waals surface area contributed by atoms with Gasteiger partial charge in [0.25, 0.3) is 5.91 Å². The number of aryl methyl sites for hydroxylation is 1. The number of nitrogen functional groups attached to an aromatic ring is 1. The Kier molecular flexibility index (Phi) is 4.43. The molecule has 4 nitrogen and oxygen atoms in total. The first-order valence-corrected chi connectivity index (χ1v) is 6.89. The van der Waals surface area contributed by atoms with E-state index >= 15 is 0 Å². The van der Waals surface area contributed by atoms with Crippen molar-refractivity contribution in [2.75, 3.05) is 25.4 Å². The summed E-state index contributed by atoms with van der Waals surface area (Å²) in [7, 11) is 0. The second-order valence-electron chi connectivity index (χ2n) is 4.99. The highest BCUT2D eigenvalue weighted by Crippen LogP contribution is 2.21. The zero-order chi connectivity index (χ0) is 13.8. The molecule has 1 aromatic rings. The average molecular weight is 262 g/mol. The van der Waals surface area contributed by atoms with Crippen LogP contribution in [0.5, 0.6) is 0 Å². The SMILES string of the molecule is CCOC1CCN(C(=O)c2c(C)cccc2N)CC1. The van der Waals surface area contributed by atoms with Gasteiger partial charge in [0.1, 0.15) is 0 Å². The molecule has 104 valence electrons. The lowest BCUT2D eigenvalue weighted by molar-refractivity contribution is 0.0146. The van der Waals surface area contributed by atoms with Crippen LogP contribution < -0.4 is 5.73 Å². The van der Waals surface area contributed by atoms with Crippen molar-refractivity contribution in [2.24, 2.45) is 0 Å². The fourth-order valence-corrected chi connectivity index (χ4v) is 2.60. The summed E-state index contributed by atoms with van der Waals surface area (Å²) < 4.78 is 5.60. The van der Waals surface area contributed by atoms with Crippen LogP contribution in [0.25, 0.3) is 0 Å². The van der Waals surface area contributed by atoms with E-state index in [4.69, 9.17) is 10.5 Å². The quantitative estimate of drug-likeness (QED) is 0.850. The van der Waals surface area contributed by atoms with Crippen LogP contribution in [0.4, 0.5) is 5.69 Å². The van der Waals surface area contributed by atoms with E-state index in [-0.39, 0.29) is 5.91 Å². The summed E-state index contributed by atoms with van der Waals surface area (Å²) in [6.07, 6.45) is 2.11. The Balaban J connectivity index is 2.05. The zero-order valence-electron chi connectivity index (χ0n) is 11.7. The topological polar surface area (TPSA) is 55.6 Å². The van der Waals surface area contributed by atoms with Crippen LogP contribution in [0, 0.1) is 6.92 Å². The Labute approximate surface area is 114 Å². The fraction of sp³-hybridized carbons (Fsp3) is 0.533. The number of anilines is 1. The third-order valence-electron chi connectivity index (χ3n) is 3.65. The van der Waals surface area contributed by atoms with Crippen LogP contribution in [-0.2, 0) is 4.74 Å². The molecular formula is C15H22N2O2. The maximum Gasteiger partial charge on any atom is 0.256 e. The predicted molar refractivity (Wildman–Crippen MR) is 76.1 cm³/mol. The Bertz CT molecular complexity index is 431. The molecular weight excluding hydrogens is 240 g/mol. The van der Waals surface area contributed by atoms with Gasteiger partial charge in [-0.3, -0.25) is 4.79 Å². The molecule has 19 heavy (non-hydrogen) atoms. The molecule has 0 aromatic heterocycles. The Morgan fingerprint density at radius 1 is 1.42 bits per heavy atom. The molecule has 2 rings (SSSR count). The van der Waals surface area contributed by atoms with Crippen LogP contribution in [0.1, 0.15) is 35.7 Å². The second kappa shape index (κ2) is 6.06. The number of carbonyl (C=O) groups is 1. The minimum atomic E-state index is 0.0468. The third-order valence-corrected chi connectivity index (χ3v) is 3.65. The summed E-state index contributed by atoms with van der Waals surface area (Å²) in [5.41, 5.74) is 8.09. The molecule has 2 N–H and O–H groups in total. The van der Waals surface area contributed by atoms with E-state index in [2.05, 4.69) is 0 Å². The summed E-state index contributed by atoms with van der Waals surface area (Å²) >= 11 is 0. The number of piperidine rings is 1. The van der Waals surface area contributed by atoms with E-state index in [1.807, 2.05) is 30.9 Å². The van der Waals surface area contributed by atoms with Crippen molar-refractivity contribution in [3.05, 3.63) is 29.3 Å². The number of amides is 1. The highest BCUT2D eigenvalue weighted by atomic mass is 16.5. The molecule has 0 atom stereocenters. The first kappa shape index (κ1) is 13.9. The Hall–Kier alpha value is -1.55. The molecule has 0 bridgehead atoms. The van der Waals surface area contributed by atoms with Gasteiger partial charge >= 0.3 is 0 Å². The summed E-state index contributed by atoms with van der Waals surface area (Å²) in [6.45, 7) is 6.17. The van der Waals surface area contributed by atoms with E-state index in [9.17, 15) is 4.79 Å². The van der Waals surface area contributed by atoms with Gasteiger partial charge in [-0.1, -0.05) is 12.1 Å². The summed E-state index contributed by atoms with van der Waals surface area (Å²) in [6, 6.07) is 5.59. The van der Waals surface area contributed by atoms with Gasteiger partial charge in [0.05, 0.1) is 11.7 Å². The van der Waals surface area contributed by atoms with Gasteiger partial charge < -0.3 is 15.4 Å². The second-order valence-corrected chi connectivity index (χ2v) is 4.99. The predicted octanol–water partition coefficient (Wildman–Crippen LogP) is 2.22. The highest BCUT2D eigenvalue weighted by molar-refractivity contribution is 6.00. The van der Waals surface area contributed by atoms with Gasteiger partial charge in [-0.15, -0.1) is 0 Å². The van der Waals surface area contributed by atoms with E-state index < -0.39 is 0 Å². The van der Waals surface area contributed by atoms with Crippen molar-refractivity contribution in [1.82, 2.24) is 4.90 Å². The monoisotopic (exact) mass is 262 g/mol. The maximum atomic E-state index is 12.5. The van der Waals surface area contributed by atoms with Crippen molar-refractivity contribution in [3.63, 3.8) is 0 Å². The molecule has 1 heterocycles. The number of hydrogen-bond acceptors (Lipinski definition) is 3. The molecule has 0 aliphatic carbocycles. The fourth-order valence-electron chi connectivity index (χ4n) is 2.60. The van der Waals surface area contributed by atoms with Crippen LogP contribution >= 0.6 is 0 Å². The molecule has 0 spiro atoms. The van der Waals surface area contributed by atoms with Crippen molar-refractivity contribution >= 4 is 11.6 Å². The van der Waals surface area contributed by atoms with Crippen molar-refractivity contribution in [3.8, 4) is 0 Å². The number of benzene rings is 1. The van der Waals surface area contributed by atoms with Gasteiger partial charge in [0.15, 0.2) is 0 Å². The lowest BCUT2D eigenvalue weighted by Crippen LogP contribution is -2.41. The lowest BCUT2D eigenvalue weighted by atomic mass is 10.0. The number of nitrogens with two attached hydrogens (primary N) is 1. The maximum absolute atomic E-state index is 12.5. The Morgan fingerprint density at radius 3 is 2.68 bits per heavy atom. The molecule has 0 unspecified atom stereocenters. The number of hydrogen-bond donors (Lipinski definition) is 1. The average Bonchev–Trinajstić information content (AvgIpc) is 2.39. The van der Waals surface area contributed by atoms with Crippen LogP contribution in [-0.4, -0.2) is 36.6 Å². The lowest BCUT2D eigenvalue weighted by Gasteiger charge is -2.32. The van der Waals surface area contributed by atoms with Gasteiger partial charge in [-0.2, -0.15) is 0 Å². The van der Waals surface area contributed by atoms with Crippen molar-refractivity contribution < 1.29 is 9.53 Å². The van der Waals surface area contributed by atoms with Gasteiger partial charge in [-0.05, 0) is 38.3 Å². The minimum Gasteiger partial charge on any atom is -0.398 e. The smallest absolute Gasteiger partial charge is 0.256 e. The van der Waals surface area contributed by atoms with Gasteiger partial charge in [0, 0.05) is 25.4 Å².